The van der Waals surface area contributed by atoms with Crippen LogP contribution in [0.3, 0.4) is 0 Å². The molecule has 0 aliphatic rings. The number of H-pyrrole nitrogens is 1. The number of rotatable bonds is 2. The molecule has 16 heavy (non-hydrogen) atoms. The van der Waals surface area contributed by atoms with E-state index in [-0.39, 0.29) is 22.9 Å². The van der Waals surface area contributed by atoms with E-state index in [4.69, 9.17) is 28.9 Å². The molecule has 2 aromatic rings. The number of nitrogens with zero attached hydrogens (tertiary/aromatic N) is 2. The van der Waals surface area contributed by atoms with Gasteiger partial charge in [0.25, 0.3) is 0 Å². The number of halogens is 2. The Labute approximate surface area is 100 Å². The Morgan fingerprint density at radius 3 is 2.94 bits per heavy atom. The van der Waals surface area contributed by atoms with Crippen LogP contribution in [0, 0.1) is 10.6 Å². The predicted octanol–water partition coefficient (Wildman–Crippen LogP) is 2.21. The molecule has 1 aromatic heterocycles. The zero-order chi connectivity index (χ0) is 11.7. The molecule has 0 amide bonds. The number of aliphatic hydroxyl groups is 1. The maximum absolute atomic E-state index is 13.6. The molecular formula is C9H7ClFN3OS. The quantitative estimate of drug-likeness (QED) is 0.813. The highest BCUT2D eigenvalue weighted by Crippen LogP contribution is 2.19. The van der Waals surface area contributed by atoms with Crippen molar-refractivity contribution in [2.24, 2.45) is 0 Å². The molecule has 0 radical (unpaired) electrons. The fourth-order valence-electron chi connectivity index (χ4n) is 1.35. The summed E-state index contributed by atoms with van der Waals surface area (Å²) in [4.78, 5) is 0. The largest absolute Gasteiger partial charge is 0.388 e. The number of aromatic nitrogens is 3. The molecule has 1 heterocycles. The van der Waals surface area contributed by atoms with Gasteiger partial charge in [0.05, 0.1) is 5.69 Å². The summed E-state index contributed by atoms with van der Waals surface area (Å²) in [5, 5.41) is 15.6. The number of aromatic amines is 1. The molecule has 0 saturated heterocycles. The van der Waals surface area contributed by atoms with Crippen LogP contribution in [0.15, 0.2) is 18.2 Å². The van der Waals surface area contributed by atoms with E-state index in [2.05, 4.69) is 10.2 Å². The lowest BCUT2D eigenvalue weighted by Crippen LogP contribution is -2.03. The monoisotopic (exact) mass is 259 g/mol. The predicted molar refractivity (Wildman–Crippen MR) is 59.6 cm³/mol. The maximum Gasteiger partial charge on any atom is 0.200 e. The summed E-state index contributed by atoms with van der Waals surface area (Å²) in [6.45, 7) is -0.338. The van der Waals surface area contributed by atoms with Gasteiger partial charge in [-0.1, -0.05) is 11.6 Å². The Balaban J connectivity index is 2.67. The van der Waals surface area contributed by atoms with Gasteiger partial charge in [-0.05, 0) is 30.4 Å². The summed E-state index contributed by atoms with van der Waals surface area (Å²) >= 11 is 10.6. The minimum Gasteiger partial charge on any atom is -0.388 e. The molecule has 2 N–H and O–H groups in total. The smallest absolute Gasteiger partial charge is 0.200 e. The minimum atomic E-state index is -0.528. The van der Waals surface area contributed by atoms with Gasteiger partial charge in [-0.2, -0.15) is 5.10 Å². The van der Waals surface area contributed by atoms with Crippen molar-refractivity contribution in [1.29, 1.82) is 0 Å². The second-order valence-corrected chi connectivity index (χ2v) is 3.86. The molecule has 0 atom stereocenters. The van der Waals surface area contributed by atoms with Crippen molar-refractivity contribution in [2.45, 2.75) is 6.61 Å². The van der Waals surface area contributed by atoms with Gasteiger partial charge in [0, 0.05) is 5.02 Å². The molecule has 7 heteroatoms. The van der Waals surface area contributed by atoms with E-state index in [0.717, 1.165) is 0 Å². The molecule has 0 saturated carbocycles. The number of benzene rings is 1. The highest BCUT2D eigenvalue weighted by atomic mass is 35.5. The fourth-order valence-corrected chi connectivity index (χ4v) is 1.75. The lowest BCUT2D eigenvalue weighted by atomic mass is 10.3. The first-order valence-electron chi connectivity index (χ1n) is 4.36. The van der Waals surface area contributed by atoms with Crippen LogP contribution in [-0.4, -0.2) is 19.9 Å². The van der Waals surface area contributed by atoms with Crippen LogP contribution in [0.1, 0.15) is 5.82 Å². The lowest BCUT2D eigenvalue weighted by Gasteiger charge is -2.06. The van der Waals surface area contributed by atoms with Gasteiger partial charge in [-0.3, -0.25) is 9.67 Å². The average molecular weight is 260 g/mol. The standard InChI is InChI=1S/C9H7ClFN3OS/c10-5-1-2-7(6(11)3-5)14-8(4-15)12-13-9(14)16/h1-3,15H,4H2,(H,13,16). The van der Waals surface area contributed by atoms with E-state index < -0.39 is 5.82 Å². The molecule has 0 aliphatic heterocycles. The molecule has 0 unspecified atom stereocenters. The Hall–Kier alpha value is -1.24. The van der Waals surface area contributed by atoms with Gasteiger partial charge >= 0.3 is 0 Å². The zero-order valence-corrected chi connectivity index (χ0v) is 9.52. The van der Waals surface area contributed by atoms with Crippen molar-refractivity contribution in [3.63, 3.8) is 0 Å². The van der Waals surface area contributed by atoms with Gasteiger partial charge in [-0.25, -0.2) is 4.39 Å². The SMILES string of the molecule is OCc1n[nH]c(=S)n1-c1ccc(Cl)cc1F. The second-order valence-electron chi connectivity index (χ2n) is 3.03. The molecule has 0 spiro atoms. The molecule has 84 valence electrons. The third-order valence-electron chi connectivity index (χ3n) is 2.03. The number of hydrogen-bond acceptors (Lipinski definition) is 3. The fraction of sp³-hybridized carbons (Fsp3) is 0.111. The van der Waals surface area contributed by atoms with Crippen molar-refractivity contribution in [1.82, 2.24) is 14.8 Å². The topological polar surface area (TPSA) is 53.8 Å². The van der Waals surface area contributed by atoms with E-state index in [1.165, 1.54) is 22.8 Å². The summed E-state index contributed by atoms with van der Waals surface area (Å²) in [7, 11) is 0. The molecule has 0 bridgehead atoms. The molecule has 1 aromatic carbocycles. The van der Waals surface area contributed by atoms with Gasteiger partial charge < -0.3 is 5.11 Å². The molecule has 0 aliphatic carbocycles. The number of aliphatic hydroxyl groups excluding tert-OH is 1. The maximum atomic E-state index is 13.6. The summed E-state index contributed by atoms with van der Waals surface area (Å²) in [6.07, 6.45) is 0. The van der Waals surface area contributed by atoms with Crippen LogP contribution in [-0.2, 0) is 6.61 Å². The zero-order valence-electron chi connectivity index (χ0n) is 7.94. The van der Waals surface area contributed by atoms with Crippen molar-refractivity contribution in [2.75, 3.05) is 0 Å². The molecule has 4 nitrogen and oxygen atoms in total. The minimum absolute atomic E-state index is 0.201. The van der Waals surface area contributed by atoms with Gasteiger partial charge in [0.15, 0.2) is 10.6 Å². The van der Waals surface area contributed by atoms with E-state index in [9.17, 15) is 4.39 Å². The third-order valence-corrected chi connectivity index (χ3v) is 2.54. The normalized spacial score (nSPS) is 10.7. The summed E-state index contributed by atoms with van der Waals surface area (Å²) in [6, 6.07) is 4.19. The van der Waals surface area contributed by atoms with E-state index in [0.29, 0.717) is 5.02 Å². The van der Waals surface area contributed by atoms with Crippen LogP contribution in [0.4, 0.5) is 4.39 Å². The Kier molecular flexibility index (Phi) is 3.04. The van der Waals surface area contributed by atoms with Gasteiger partial charge in [0.1, 0.15) is 12.4 Å². The van der Waals surface area contributed by atoms with E-state index >= 15 is 0 Å². The lowest BCUT2D eigenvalue weighted by molar-refractivity contribution is 0.268. The number of hydrogen-bond donors (Lipinski definition) is 2. The highest BCUT2D eigenvalue weighted by Gasteiger charge is 2.11. The van der Waals surface area contributed by atoms with Crippen molar-refractivity contribution in [3.05, 3.63) is 39.6 Å². The van der Waals surface area contributed by atoms with Crippen LogP contribution >= 0.6 is 23.8 Å². The number of nitrogens with one attached hydrogen (secondary N) is 1. The average Bonchev–Trinajstić information content (AvgIpc) is 2.60. The van der Waals surface area contributed by atoms with Crippen LogP contribution in [0.25, 0.3) is 5.69 Å². The van der Waals surface area contributed by atoms with E-state index in [1.807, 2.05) is 0 Å². The Morgan fingerprint density at radius 2 is 2.31 bits per heavy atom. The second kappa shape index (κ2) is 4.32. The summed E-state index contributed by atoms with van der Waals surface area (Å²) in [5.41, 5.74) is 0.201. The van der Waals surface area contributed by atoms with Gasteiger partial charge in [0.2, 0.25) is 0 Å². The first-order valence-corrected chi connectivity index (χ1v) is 5.14. The highest BCUT2D eigenvalue weighted by molar-refractivity contribution is 7.71. The van der Waals surface area contributed by atoms with E-state index in [1.54, 1.807) is 0 Å². The van der Waals surface area contributed by atoms with Crippen molar-refractivity contribution < 1.29 is 9.50 Å². The third kappa shape index (κ3) is 1.87. The Morgan fingerprint density at radius 1 is 1.56 bits per heavy atom. The molecule has 2 rings (SSSR count). The van der Waals surface area contributed by atoms with Crippen molar-refractivity contribution >= 4 is 23.8 Å². The Bertz CT molecular complexity index is 580. The van der Waals surface area contributed by atoms with Crippen LogP contribution in [0.2, 0.25) is 5.02 Å². The van der Waals surface area contributed by atoms with Gasteiger partial charge in [-0.15, -0.1) is 0 Å². The van der Waals surface area contributed by atoms with Crippen molar-refractivity contribution in [3.8, 4) is 5.69 Å². The molecule has 0 fully saturated rings. The summed E-state index contributed by atoms with van der Waals surface area (Å²) < 4.78 is 15.2. The first kappa shape index (κ1) is 11.3. The first-order chi connectivity index (χ1) is 7.63. The molecular weight excluding hydrogens is 253 g/mol. The van der Waals surface area contributed by atoms with Crippen LogP contribution in [0.5, 0.6) is 0 Å². The van der Waals surface area contributed by atoms with Crippen LogP contribution < -0.4 is 0 Å². The summed E-state index contributed by atoms with van der Waals surface area (Å²) in [5.74, 6) is -0.286.